The number of anilines is 1. The van der Waals surface area contributed by atoms with Gasteiger partial charge in [0.1, 0.15) is 0 Å². The molecule has 4 nitrogen and oxygen atoms in total. The minimum Gasteiger partial charge on any atom is -0.481 e. The second kappa shape index (κ2) is 8.83. The molecule has 0 spiro atoms. The summed E-state index contributed by atoms with van der Waals surface area (Å²) in [6.45, 7) is 6.25. The summed E-state index contributed by atoms with van der Waals surface area (Å²) in [5.74, 6) is -1.16. The normalized spacial score (nSPS) is 10.3. The van der Waals surface area contributed by atoms with E-state index in [-0.39, 0.29) is 18.7 Å². The first-order valence-corrected chi connectivity index (χ1v) is 8.37. The molecule has 0 unspecified atom stereocenters. The third-order valence-corrected chi connectivity index (χ3v) is 4.12. The number of amides is 1. The summed E-state index contributed by atoms with van der Waals surface area (Å²) in [6, 6.07) is 15.5. The Morgan fingerprint density at radius 2 is 1.68 bits per heavy atom. The van der Waals surface area contributed by atoms with Crippen LogP contribution in [-0.4, -0.2) is 17.0 Å². The molecule has 4 heteroatoms. The van der Waals surface area contributed by atoms with Crippen molar-refractivity contribution >= 4 is 23.6 Å². The Kier molecular flexibility index (Phi) is 6.52. The monoisotopic (exact) mass is 337 g/mol. The zero-order valence-electron chi connectivity index (χ0n) is 14.4. The van der Waals surface area contributed by atoms with Crippen LogP contribution in [0.3, 0.4) is 0 Å². The lowest BCUT2D eigenvalue weighted by molar-refractivity contribution is -0.138. The Hall–Kier alpha value is -2.88. The van der Waals surface area contributed by atoms with Crippen molar-refractivity contribution in [3.05, 3.63) is 71.8 Å². The van der Waals surface area contributed by atoms with Crippen LogP contribution in [0.1, 0.15) is 36.5 Å². The van der Waals surface area contributed by atoms with Gasteiger partial charge in [-0.2, -0.15) is 0 Å². The molecule has 0 aromatic heterocycles. The predicted molar refractivity (Wildman–Crippen MR) is 100 cm³/mol. The van der Waals surface area contributed by atoms with E-state index in [9.17, 15) is 9.59 Å². The number of carbonyl (C=O) groups excluding carboxylic acids is 1. The highest BCUT2D eigenvalue weighted by Crippen LogP contribution is 2.25. The van der Waals surface area contributed by atoms with E-state index in [1.54, 1.807) is 11.0 Å². The third-order valence-electron chi connectivity index (χ3n) is 4.12. The number of carboxylic acid groups (broad SMARTS) is 1. The predicted octanol–water partition coefficient (Wildman–Crippen LogP) is 4.29. The van der Waals surface area contributed by atoms with Crippen molar-refractivity contribution in [1.29, 1.82) is 0 Å². The summed E-state index contributed by atoms with van der Waals surface area (Å²) >= 11 is 0. The molecule has 2 aromatic rings. The minimum atomic E-state index is -0.969. The second-order valence-electron chi connectivity index (χ2n) is 5.76. The van der Waals surface area contributed by atoms with Crippen LogP contribution >= 0.6 is 0 Å². The van der Waals surface area contributed by atoms with Crippen molar-refractivity contribution in [3.8, 4) is 0 Å². The quantitative estimate of drug-likeness (QED) is 0.782. The van der Waals surface area contributed by atoms with Crippen molar-refractivity contribution < 1.29 is 14.7 Å². The van der Waals surface area contributed by atoms with Gasteiger partial charge in [0.15, 0.2) is 0 Å². The minimum absolute atomic E-state index is 0.0242. The maximum absolute atomic E-state index is 12.8. The first kappa shape index (κ1) is 18.5. The highest BCUT2D eigenvalue weighted by atomic mass is 16.4. The molecule has 0 aliphatic rings. The fraction of sp³-hybridized carbons (Fsp3) is 0.238. The average molecular weight is 337 g/mol. The number of aliphatic carboxylic acids is 1. The maximum Gasteiger partial charge on any atom is 0.303 e. The molecule has 25 heavy (non-hydrogen) atoms. The molecular formula is C21H23NO3. The summed E-state index contributed by atoms with van der Waals surface area (Å²) in [4.78, 5) is 25.3. The Labute approximate surface area is 148 Å². The molecule has 130 valence electrons. The lowest BCUT2D eigenvalue weighted by atomic mass is 10.0. The first-order valence-electron chi connectivity index (χ1n) is 8.37. The van der Waals surface area contributed by atoms with E-state index < -0.39 is 5.97 Å². The van der Waals surface area contributed by atoms with Gasteiger partial charge in [-0.25, -0.2) is 0 Å². The largest absolute Gasteiger partial charge is 0.481 e. The van der Waals surface area contributed by atoms with Crippen LogP contribution in [0.25, 0.3) is 6.08 Å². The van der Waals surface area contributed by atoms with Crippen LogP contribution in [0, 0.1) is 0 Å². The van der Waals surface area contributed by atoms with Gasteiger partial charge in [0.2, 0.25) is 5.91 Å². The highest BCUT2D eigenvalue weighted by Gasteiger charge is 2.20. The summed E-state index contributed by atoms with van der Waals surface area (Å²) < 4.78 is 0. The molecule has 0 atom stereocenters. The van der Waals surface area contributed by atoms with Crippen LogP contribution < -0.4 is 4.90 Å². The van der Waals surface area contributed by atoms with E-state index in [1.807, 2.05) is 55.5 Å². The van der Waals surface area contributed by atoms with E-state index >= 15 is 0 Å². The van der Waals surface area contributed by atoms with Gasteiger partial charge in [-0.1, -0.05) is 62.0 Å². The molecule has 0 heterocycles. The summed E-state index contributed by atoms with van der Waals surface area (Å²) in [7, 11) is 0. The molecule has 0 saturated carbocycles. The highest BCUT2D eigenvalue weighted by molar-refractivity contribution is 5.95. The smallest absolute Gasteiger partial charge is 0.303 e. The van der Waals surface area contributed by atoms with E-state index in [4.69, 9.17) is 5.11 Å². The van der Waals surface area contributed by atoms with Gasteiger partial charge in [0.25, 0.3) is 0 Å². The van der Waals surface area contributed by atoms with E-state index in [1.165, 1.54) is 0 Å². The lowest BCUT2D eigenvalue weighted by Crippen LogP contribution is -2.31. The number of carboxylic acids is 1. The van der Waals surface area contributed by atoms with Gasteiger partial charge >= 0.3 is 5.97 Å². The second-order valence-corrected chi connectivity index (χ2v) is 5.76. The number of hydrogen-bond acceptors (Lipinski definition) is 2. The van der Waals surface area contributed by atoms with Gasteiger partial charge in [0, 0.05) is 12.1 Å². The molecule has 2 aromatic carbocycles. The topological polar surface area (TPSA) is 57.6 Å². The molecule has 0 aliphatic heterocycles. The molecule has 1 N–H and O–H groups in total. The van der Waals surface area contributed by atoms with Gasteiger partial charge in [-0.05, 0) is 29.2 Å². The number of rotatable bonds is 8. The third kappa shape index (κ3) is 4.80. The lowest BCUT2D eigenvalue weighted by Gasteiger charge is -2.26. The van der Waals surface area contributed by atoms with Crippen molar-refractivity contribution in [2.45, 2.75) is 32.7 Å². The van der Waals surface area contributed by atoms with Crippen molar-refractivity contribution in [3.63, 3.8) is 0 Å². The van der Waals surface area contributed by atoms with Crippen LogP contribution in [0.5, 0.6) is 0 Å². The maximum atomic E-state index is 12.8. The van der Waals surface area contributed by atoms with Crippen molar-refractivity contribution in [2.24, 2.45) is 0 Å². The Bertz CT molecular complexity index is 767. The number of hydrogen-bond donors (Lipinski definition) is 1. The van der Waals surface area contributed by atoms with Crippen LogP contribution in [-0.2, 0) is 22.6 Å². The molecule has 0 radical (unpaired) electrons. The zero-order valence-corrected chi connectivity index (χ0v) is 14.4. The van der Waals surface area contributed by atoms with Crippen molar-refractivity contribution in [1.82, 2.24) is 0 Å². The van der Waals surface area contributed by atoms with Gasteiger partial charge in [-0.15, -0.1) is 0 Å². The fourth-order valence-electron chi connectivity index (χ4n) is 2.78. The number of carbonyl (C=O) groups is 2. The van der Waals surface area contributed by atoms with E-state index in [0.29, 0.717) is 6.54 Å². The number of para-hydroxylation sites is 1. The van der Waals surface area contributed by atoms with Crippen LogP contribution in [0.15, 0.2) is 55.1 Å². The standard InChI is InChI=1S/C21H23NO3/c1-3-16-9-5-6-11-18(16)15-22(20(23)13-14-21(24)25)19-12-8-7-10-17(19)4-2/h3,5-12H,1,4,13-15H2,2H3,(H,24,25). The zero-order chi connectivity index (χ0) is 18.2. The number of benzene rings is 2. The number of nitrogens with zero attached hydrogens (tertiary/aromatic N) is 1. The molecular weight excluding hydrogens is 314 g/mol. The Balaban J connectivity index is 2.39. The van der Waals surface area contributed by atoms with Gasteiger partial charge < -0.3 is 10.0 Å². The van der Waals surface area contributed by atoms with Gasteiger partial charge in [0.05, 0.1) is 13.0 Å². The van der Waals surface area contributed by atoms with E-state index in [0.717, 1.165) is 28.8 Å². The summed E-state index contributed by atoms with van der Waals surface area (Å²) in [5.41, 5.74) is 3.83. The molecule has 2 rings (SSSR count). The van der Waals surface area contributed by atoms with Crippen LogP contribution in [0.4, 0.5) is 5.69 Å². The molecule has 0 aliphatic carbocycles. The van der Waals surface area contributed by atoms with E-state index in [2.05, 4.69) is 6.58 Å². The molecule has 1 amide bonds. The molecule has 0 bridgehead atoms. The summed E-state index contributed by atoms with van der Waals surface area (Å²) in [6.07, 6.45) is 2.36. The van der Waals surface area contributed by atoms with Crippen LogP contribution in [0.2, 0.25) is 0 Å². The Morgan fingerprint density at radius 3 is 2.32 bits per heavy atom. The molecule has 0 fully saturated rings. The summed E-state index contributed by atoms with van der Waals surface area (Å²) in [5, 5.41) is 8.90. The SMILES string of the molecule is C=Cc1ccccc1CN(C(=O)CCC(=O)O)c1ccccc1CC. The van der Waals surface area contributed by atoms with Crippen molar-refractivity contribution in [2.75, 3.05) is 4.90 Å². The Morgan fingerprint density at radius 1 is 1.04 bits per heavy atom. The average Bonchev–Trinajstić information content (AvgIpc) is 2.64. The number of aryl methyl sites for hydroxylation is 1. The molecule has 0 saturated heterocycles. The fourth-order valence-corrected chi connectivity index (χ4v) is 2.78. The van der Waals surface area contributed by atoms with Gasteiger partial charge in [-0.3, -0.25) is 9.59 Å². The first-order chi connectivity index (χ1) is 12.1.